The smallest absolute Gasteiger partial charge is 0.311 e. The zero-order valence-electron chi connectivity index (χ0n) is 16.5. The molecule has 0 saturated carbocycles. The van der Waals surface area contributed by atoms with Crippen LogP contribution in [0.15, 0.2) is 77.8 Å². The van der Waals surface area contributed by atoms with Crippen molar-refractivity contribution in [2.24, 2.45) is 4.99 Å². The molecule has 0 spiro atoms. The Morgan fingerprint density at radius 3 is 2.52 bits per heavy atom. The summed E-state index contributed by atoms with van der Waals surface area (Å²) in [6.07, 6.45) is -1.16. The van der Waals surface area contributed by atoms with Gasteiger partial charge in [-0.25, -0.2) is 14.2 Å². The normalized spacial score (nSPS) is 15.6. The van der Waals surface area contributed by atoms with Gasteiger partial charge in [-0.05, 0) is 24.3 Å². The van der Waals surface area contributed by atoms with E-state index in [9.17, 15) is 14.0 Å². The number of anilines is 2. The van der Waals surface area contributed by atoms with Gasteiger partial charge in [-0.3, -0.25) is 4.79 Å². The molecule has 3 aromatic rings. The molecule has 1 heterocycles. The Hall–Kier alpha value is -3.71. The number of para-hydroxylation sites is 1. The Kier molecular flexibility index (Phi) is 5.68. The van der Waals surface area contributed by atoms with E-state index in [0.29, 0.717) is 11.4 Å². The molecule has 156 valence electrons. The fraction of sp³-hybridized carbons (Fsp3) is 0.0870. The second kappa shape index (κ2) is 8.57. The molecule has 1 atom stereocenters. The van der Waals surface area contributed by atoms with Crippen LogP contribution in [0.5, 0.6) is 0 Å². The molecule has 8 heteroatoms. The molecule has 0 bridgehead atoms. The summed E-state index contributed by atoms with van der Waals surface area (Å²) in [7, 11) is 1.64. The molecule has 1 aliphatic heterocycles. The molecule has 0 saturated heterocycles. The van der Waals surface area contributed by atoms with Crippen molar-refractivity contribution in [3.05, 3.63) is 94.8 Å². The molecule has 31 heavy (non-hydrogen) atoms. The highest BCUT2D eigenvalue weighted by Crippen LogP contribution is 2.27. The third kappa shape index (κ3) is 4.27. The van der Waals surface area contributed by atoms with Crippen LogP contribution >= 0.6 is 11.6 Å². The molecule has 2 N–H and O–H groups in total. The molecule has 3 amide bonds. The second-order valence-electron chi connectivity index (χ2n) is 6.89. The van der Waals surface area contributed by atoms with Crippen LogP contribution in [-0.2, 0) is 4.79 Å². The number of benzene rings is 3. The van der Waals surface area contributed by atoms with Crippen molar-refractivity contribution in [3.63, 3.8) is 0 Å². The van der Waals surface area contributed by atoms with Crippen LogP contribution in [0.25, 0.3) is 0 Å². The van der Waals surface area contributed by atoms with E-state index in [1.54, 1.807) is 7.05 Å². The first-order chi connectivity index (χ1) is 14.9. The minimum Gasteiger partial charge on any atom is -0.311 e. The first-order valence-corrected chi connectivity index (χ1v) is 9.84. The largest absolute Gasteiger partial charge is 0.321 e. The number of urea groups is 1. The first kappa shape index (κ1) is 20.6. The number of likely N-dealkylation sites (N-methyl/N-ethyl adjacent to an activating group) is 1. The quantitative estimate of drug-likeness (QED) is 0.637. The van der Waals surface area contributed by atoms with Crippen molar-refractivity contribution in [1.82, 2.24) is 5.32 Å². The van der Waals surface area contributed by atoms with Gasteiger partial charge in [0.1, 0.15) is 5.82 Å². The van der Waals surface area contributed by atoms with Crippen LogP contribution < -0.4 is 15.5 Å². The van der Waals surface area contributed by atoms with E-state index in [2.05, 4.69) is 15.6 Å². The molecular weight excluding hydrogens is 419 g/mol. The van der Waals surface area contributed by atoms with Gasteiger partial charge >= 0.3 is 6.03 Å². The van der Waals surface area contributed by atoms with E-state index in [4.69, 9.17) is 11.6 Å². The Labute approximate surface area is 183 Å². The number of aliphatic imine (C=N–C) groups is 1. The van der Waals surface area contributed by atoms with E-state index < -0.39 is 23.9 Å². The van der Waals surface area contributed by atoms with Gasteiger partial charge in [-0.1, -0.05) is 60.1 Å². The summed E-state index contributed by atoms with van der Waals surface area (Å²) < 4.78 is 13.4. The lowest BCUT2D eigenvalue weighted by Gasteiger charge is -2.21. The number of carbonyl (C=O) groups is 2. The van der Waals surface area contributed by atoms with Crippen LogP contribution in [0.1, 0.15) is 11.1 Å². The van der Waals surface area contributed by atoms with Gasteiger partial charge in [0.15, 0.2) is 0 Å². The number of benzodiazepines with no additional fused rings is 1. The summed E-state index contributed by atoms with van der Waals surface area (Å²) in [6.45, 7) is 0. The fourth-order valence-corrected chi connectivity index (χ4v) is 3.49. The Morgan fingerprint density at radius 1 is 1.06 bits per heavy atom. The zero-order chi connectivity index (χ0) is 22.0. The summed E-state index contributed by atoms with van der Waals surface area (Å²) in [6, 6.07) is 20.0. The molecule has 3 aromatic carbocycles. The first-order valence-electron chi connectivity index (χ1n) is 9.47. The molecule has 0 radical (unpaired) electrons. The Balaban J connectivity index is 1.67. The number of nitrogens with zero attached hydrogens (tertiary/aromatic N) is 2. The summed E-state index contributed by atoms with van der Waals surface area (Å²) in [4.78, 5) is 31.7. The fourth-order valence-electron chi connectivity index (χ4n) is 3.31. The van der Waals surface area contributed by atoms with Gasteiger partial charge in [-0.2, -0.15) is 0 Å². The highest BCUT2D eigenvalue weighted by Gasteiger charge is 2.30. The lowest BCUT2D eigenvalue weighted by molar-refractivity contribution is -0.119. The third-order valence-electron chi connectivity index (χ3n) is 4.84. The Bertz CT molecular complexity index is 1180. The molecule has 0 unspecified atom stereocenters. The number of hydrogen-bond donors (Lipinski definition) is 2. The number of nitrogens with one attached hydrogen (secondary N) is 2. The lowest BCUT2D eigenvalue weighted by Crippen LogP contribution is -2.47. The SMILES string of the molecule is CN1C(=O)[C@H](NC(=O)Nc2ccc(F)c(Cl)c2)N=C(c2ccccc2)c2ccccc21. The molecule has 6 nitrogen and oxygen atoms in total. The number of carbonyl (C=O) groups excluding carboxylic acids is 2. The standard InChI is InChI=1S/C23H18ClFN4O2/c1-29-19-10-6-5-9-16(19)20(14-7-3-2-4-8-14)27-21(22(29)30)28-23(31)26-15-11-12-18(25)17(24)13-15/h2-13,21H,1H3,(H2,26,28,31)/t21-/m0/s1. The van der Waals surface area contributed by atoms with Crippen molar-refractivity contribution in [2.75, 3.05) is 17.3 Å². The average Bonchev–Trinajstić information content (AvgIpc) is 2.88. The summed E-state index contributed by atoms with van der Waals surface area (Å²) in [5.41, 5.74) is 3.15. The minimum atomic E-state index is -1.16. The minimum absolute atomic E-state index is 0.122. The highest BCUT2D eigenvalue weighted by atomic mass is 35.5. The van der Waals surface area contributed by atoms with E-state index in [0.717, 1.165) is 17.2 Å². The van der Waals surface area contributed by atoms with Crippen molar-refractivity contribution < 1.29 is 14.0 Å². The maximum absolute atomic E-state index is 13.4. The van der Waals surface area contributed by atoms with Gasteiger partial charge < -0.3 is 15.5 Å². The number of amides is 3. The van der Waals surface area contributed by atoms with Crippen molar-refractivity contribution in [3.8, 4) is 0 Å². The summed E-state index contributed by atoms with van der Waals surface area (Å²) >= 11 is 5.76. The van der Waals surface area contributed by atoms with Gasteiger partial charge in [0, 0.05) is 23.9 Å². The van der Waals surface area contributed by atoms with Gasteiger partial charge in [0.2, 0.25) is 6.17 Å². The molecule has 0 aliphatic carbocycles. The van der Waals surface area contributed by atoms with Crippen LogP contribution in [0.4, 0.5) is 20.6 Å². The van der Waals surface area contributed by atoms with Crippen molar-refractivity contribution >= 4 is 40.6 Å². The predicted molar refractivity (Wildman–Crippen MR) is 119 cm³/mol. The average molecular weight is 437 g/mol. The Morgan fingerprint density at radius 2 is 1.77 bits per heavy atom. The van der Waals surface area contributed by atoms with Crippen LogP contribution in [0.2, 0.25) is 5.02 Å². The van der Waals surface area contributed by atoms with Gasteiger partial charge in [0.05, 0.1) is 16.4 Å². The number of fused-ring (bicyclic) bond motifs is 1. The van der Waals surface area contributed by atoms with Gasteiger partial charge in [0.25, 0.3) is 5.91 Å². The van der Waals surface area contributed by atoms with Crippen molar-refractivity contribution in [1.29, 1.82) is 0 Å². The van der Waals surface area contributed by atoms with Crippen molar-refractivity contribution in [2.45, 2.75) is 6.17 Å². The number of halogens is 2. The highest BCUT2D eigenvalue weighted by molar-refractivity contribution is 6.31. The lowest BCUT2D eigenvalue weighted by atomic mass is 10.0. The number of rotatable bonds is 3. The molecule has 0 fully saturated rings. The van der Waals surface area contributed by atoms with Crippen LogP contribution in [0.3, 0.4) is 0 Å². The van der Waals surface area contributed by atoms with E-state index >= 15 is 0 Å². The van der Waals surface area contributed by atoms with E-state index in [1.165, 1.54) is 17.0 Å². The molecule has 4 rings (SSSR count). The number of hydrogen-bond acceptors (Lipinski definition) is 3. The summed E-state index contributed by atoms with van der Waals surface area (Å²) in [5.74, 6) is -0.992. The second-order valence-corrected chi connectivity index (χ2v) is 7.30. The van der Waals surface area contributed by atoms with Gasteiger partial charge in [-0.15, -0.1) is 0 Å². The monoisotopic (exact) mass is 436 g/mol. The molecule has 0 aromatic heterocycles. The topological polar surface area (TPSA) is 73.8 Å². The molecule has 1 aliphatic rings. The predicted octanol–water partition coefficient (Wildman–Crippen LogP) is 4.44. The maximum atomic E-state index is 13.4. The zero-order valence-corrected chi connectivity index (χ0v) is 17.2. The van der Waals surface area contributed by atoms with E-state index in [1.807, 2.05) is 54.6 Å². The third-order valence-corrected chi connectivity index (χ3v) is 5.13. The maximum Gasteiger partial charge on any atom is 0.321 e. The van der Waals surface area contributed by atoms with Crippen LogP contribution in [0, 0.1) is 5.82 Å². The molecular formula is C23H18ClFN4O2. The summed E-state index contributed by atoms with van der Waals surface area (Å²) in [5, 5.41) is 5.02. The van der Waals surface area contributed by atoms with E-state index in [-0.39, 0.29) is 10.7 Å². The van der Waals surface area contributed by atoms with Crippen LogP contribution in [-0.4, -0.2) is 30.9 Å².